The Morgan fingerprint density at radius 3 is 2.50 bits per heavy atom. The number of aromatic hydroxyl groups is 1. The Hall–Kier alpha value is -0.780. The number of carbonyl (C=O) groups excluding carboxylic acids is 1. The van der Waals surface area contributed by atoms with Crippen LogP contribution in [-0.4, -0.2) is 15.9 Å². The molecule has 12 heavy (non-hydrogen) atoms. The summed E-state index contributed by atoms with van der Waals surface area (Å²) in [5.41, 5.74) is 0.592. The average Bonchev–Trinajstić information content (AvgIpc) is 2.06. The van der Waals surface area contributed by atoms with Gasteiger partial charge in [-0.2, -0.15) is 0 Å². The van der Waals surface area contributed by atoms with Gasteiger partial charge in [0.1, 0.15) is 0 Å². The average molecular weight is 278 g/mol. The normalized spacial score (nSPS) is 9.75. The quantitative estimate of drug-likeness (QED) is 0.365. The van der Waals surface area contributed by atoms with Gasteiger partial charge in [-0.05, 0) is 0 Å². The van der Waals surface area contributed by atoms with E-state index in [4.69, 9.17) is 5.11 Å². The van der Waals surface area contributed by atoms with Crippen molar-refractivity contribution in [1.82, 2.24) is 3.53 Å². The fourth-order valence-electron chi connectivity index (χ4n) is 0.753. The van der Waals surface area contributed by atoms with Crippen LogP contribution in [-0.2, 0) is 0 Å². The molecule has 1 amide bonds. The summed E-state index contributed by atoms with van der Waals surface area (Å²) in [7, 11) is 0. The Kier molecular flexibility index (Phi) is 3.33. The van der Waals surface area contributed by atoms with Crippen molar-refractivity contribution in [3.05, 3.63) is 29.8 Å². The van der Waals surface area contributed by atoms with Gasteiger partial charge in [-0.15, -0.1) is 0 Å². The van der Waals surface area contributed by atoms with Crippen LogP contribution in [0.15, 0.2) is 24.3 Å². The first-order valence-electron chi connectivity index (χ1n) is 3.32. The van der Waals surface area contributed by atoms with Gasteiger partial charge in [0.25, 0.3) is 0 Å². The third-order valence-corrected chi connectivity index (χ3v) is 2.34. The molecule has 0 bridgehead atoms. The number of hydrogen-bond acceptors (Lipinski definition) is 2. The number of rotatable bonds is 2. The molecule has 0 radical (unpaired) electrons. The molecular weight excluding hydrogens is 269 g/mol. The number of alkyl halides is 1. The number of benzene rings is 1. The number of hydrogen-bond donors (Lipinski definition) is 2. The van der Waals surface area contributed by atoms with Crippen molar-refractivity contribution in [3.63, 3.8) is 0 Å². The van der Waals surface area contributed by atoms with Crippen LogP contribution in [0.25, 0.3) is 0 Å². The van der Waals surface area contributed by atoms with Gasteiger partial charge < -0.3 is 0 Å². The van der Waals surface area contributed by atoms with E-state index in [1.165, 1.54) is 12.1 Å². The maximum atomic E-state index is 11.2. The zero-order valence-corrected chi connectivity index (χ0v) is 8.70. The molecule has 0 aliphatic carbocycles. The van der Waals surface area contributed by atoms with Crippen molar-refractivity contribution < 1.29 is 31.4 Å². The molecule has 0 aromatic heterocycles. The van der Waals surface area contributed by atoms with E-state index in [0.29, 0.717) is 5.56 Å². The van der Waals surface area contributed by atoms with Crippen LogP contribution in [0, 0.1) is 0 Å². The molecule has 66 valence electrons. The van der Waals surface area contributed by atoms with Crippen molar-refractivity contribution in [2.75, 3.05) is 4.93 Å². The van der Waals surface area contributed by atoms with E-state index in [2.05, 4.69) is 3.53 Å². The van der Waals surface area contributed by atoms with Crippen LogP contribution in [0.2, 0.25) is 0 Å². The van der Waals surface area contributed by atoms with Gasteiger partial charge in [0.2, 0.25) is 0 Å². The fraction of sp³-hybridized carbons (Fsp3) is 0.125. The molecule has 1 aromatic carbocycles. The van der Waals surface area contributed by atoms with E-state index < -0.39 is 0 Å². The summed E-state index contributed by atoms with van der Waals surface area (Å²) in [6.45, 7) is 0. The molecule has 0 saturated heterocycles. The number of carbonyl (C=O) groups is 1. The number of halogens is 1. The summed E-state index contributed by atoms with van der Waals surface area (Å²) in [4.78, 5) is 13.2. The Balaban J connectivity index is 2.75. The van der Waals surface area contributed by atoms with Crippen molar-refractivity contribution in [1.29, 1.82) is 0 Å². The van der Waals surface area contributed by atoms with Gasteiger partial charge in [-0.25, -0.2) is 0 Å². The summed E-state index contributed by atoms with van der Waals surface area (Å²) in [6.07, 6.45) is 0. The first-order valence-corrected chi connectivity index (χ1v) is 6.55. The van der Waals surface area contributed by atoms with Crippen molar-refractivity contribution in [2.24, 2.45) is 0 Å². The van der Waals surface area contributed by atoms with Gasteiger partial charge in [0.05, 0.1) is 0 Å². The molecule has 2 N–H and O–H groups in total. The zero-order valence-electron chi connectivity index (χ0n) is 6.54. The maximum absolute atomic E-state index is 11.2. The topological polar surface area (TPSA) is 49.3 Å². The van der Waals surface area contributed by atoms with Crippen LogP contribution in [0.3, 0.4) is 0 Å². The molecule has 3 nitrogen and oxygen atoms in total. The van der Waals surface area contributed by atoms with Crippen LogP contribution >= 0.6 is 0 Å². The van der Waals surface area contributed by atoms with Crippen LogP contribution in [0.4, 0.5) is 0 Å². The monoisotopic (exact) mass is 278 g/mol. The molecule has 0 heterocycles. The number of phenolic OH excluding ortho intramolecular Hbond substituents is 1. The summed E-state index contributed by atoms with van der Waals surface area (Å²) < 4.78 is 2.77. The first kappa shape index (κ1) is 9.31. The van der Waals surface area contributed by atoms with Crippen LogP contribution in [0.5, 0.6) is 5.75 Å². The second-order valence-corrected chi connectivity index (χ2v) is 3.78. The summed E-state index contributed by atoms with van der Waals surface area (Å²) in [5.74, 6) is 0.114. The second kappa shape index (κ2) is 4.30. The molecule has 0 unspecified atom stereocenters. The van der Waals surface area contributed by atoms with Gasteiger partial charge >= 0.3 is 81.3 Å². The summed E-state index contributed by atoms with van der Waals surface area (Å²) in [6, 6.07) is 6.21. The summed E-state index contributed by atoms with van der Waals surface area (Å²) in [5, 5.41) is 8.94. The van der Waals surface area contributed by atoms with Gasteiger partial charge in [-0.3, -0.25) is 0 Å². The van der Waals surface area contributed by atoms with Crippen molar-refractivity contribution in [2.45, 2.75) is 0 Å². The Morgan fingerprint density at radius 1 is 1.42 bits per heavy atom. The molecule has 0 atom stereocenters. The second-order valence-electron chi connectivity index (χ2n) is 2.16. The van der Waals surface area contributed by atoms with Crippen LogP contribution < -0.4 is 25.0 Å². The Morgan fingerprint density at radius 2 is 2.00 bits per heavy atom. The number of amides is 1. The van der Waals surface area contributed by atoms with E-state index in [0.717, 1.165) is 0 Å². The minimum atomic E-state index is -0.229. The molecule has 0 aliphatic rings. The number of phenols is 1. The standard InChI is InChI=1S/C8H9INO2/c1-9-10-8(12)6-2-4-7(11)5-3-6/h2-5,11H,1H3,(H,10,12)/q-1. The Bertz CT molecular complexity index is 271. The molecule has 0 spiro atoms. The van der Waals surface area contributed by atoms with Crippen LogP contribution in [0.1, 0.15) is 10.4 Å². The fourth-order valence-corrected chi connectivity index (χ4v) is 1.55. The molecule has 0 saturated carbocycles. The van der Waals surface area contributed by atoms with E-state index >= 15 is 0 Å². The van der Waals surface area contributed by atoms with Gasteiger partial charge in [-0.1, -0.05) is 0 Å². The van der Waals surface area contributed by atoms with Crippen molar-refractivity contribution in [3.8, 4) is 5.75 Å². The molecule has 0 aliphatic heterocycles. The zero-order chi connectivity index (χ0) is 8.97. The minimum absolute atomic E-state index is 0.0645. The predicted molar refractivity (Wildman–Crippen MR) is 41.5 cm³/mol. The van der Waals surface area contributed by atoms with Gasteiger partial charge in [0, 0.05) is 0 Å². The third-order valence-electron chi connectivity index (χ3n) is 1.31. The molecule has 0 fully saturated rings. The number of nitrogens with one attached hydrogen (secondary N) is 1. The molecule has 1 aromatic rings. The van der Waals surface area contributed by atoms with Gasteiger partial charge in [0.15, 0.2) is 0 Å². The molecule has 1 rings (SSSR count). The SMILES string of the molecule is C[I-]NC(=O)c1ccc(O)cc1. The van der Waals surface area contributed by atoms with E-state index in [-0.39, 0.29) is 33.1 Å². The van der Waals surface area contributed by atoms with E-state index in [1.54, 1.807) is 12.1 Å². The van der Waals surface area contributed by atoms with E-state index in [9.17, 15) is 4.79 Å². The molecular formula is C8H9INO2-. The molecule has 4 heteroatoms. The van der Waals surface area contributed by atoms with E-state index in [1.807, 2.05) is 4.93 Å². The Labute approximate surface area is 81.4 Å². The predicted octanol–water partition coefficient (Wildman–Crippen LogP) is -2.24. The third kappa shape index (κ3) is 2.37. The van der Waals surface area contributed by atoms with Crippen molar-refractivity contribution >= 4 is 5.91 Å². The summed E-state index contributed by atoms with van der Waals surface area (Å²) >= 11 is -0.229. The first-order chi connectivity index (χ1) is 5.74.